The van der Waals surface area contributed by atoms with Gasteiger partial charge < -0.3 is 10.6 Å². The molecule has 0 aromatic heterocycles. The van der Waals surface area contributed by atoms with Crippen LogP contribution in [0.25, 0.3) is 0 Å². The highest BCUT2D eigenvalue weighted by molar-refractivity contribution is 6.33. The van der Waals surface area contributed by atoms with Gasteiger partial charge in [-0.2, -0.15) is 5.26 Å². The average Bonchev–Trinajstić information content (AvgIpc) is 2.54. The minimum atomic E-state index is -0.515. The van der Waals surface area contributed by atoms with Gasteiger partial charge in [0.15, 0.2) is 0 Å². The lowest BCUT2D eigenvalue weighted by Crippen LogP contribution is -2.15. The van der Waals surface area contributed by atoms with E-state index in [1.165, 1.54) is 6.20 Å². The summed E-state index contributed by atoms with van der Waals surface area (Å²) in [6.07, 6.45) is 1.40. The molecule has 1 amide bonds. The first-order valence-electron chi connectivity index (χ1n) is 7.02. The normalized spacial score (nSPS) is 10.8. The van der Waals surface area contributed by atoms with Gasteiger partial charge in [-0.15, -0.1) is 0 Å². The third kappa shape index (κ3) is 4.12. The Morgan fingerprint density at radius 2 is 1.83 bits per heavy atom. The lowest BCUT2D eigenvalue weighted by Gasteiger charge is -2.09. The van der Waals surface area contributed by atoms with Gasteiger partial charge in [0, 0.05) is 11.9 Å². The molecule has 0 unspecified atom stereocenters. The summed E-state index contributed by atoms with van der Waals surface area (Å²) in [5.74, 6) is -0.515. The van der Waals surface area contributed by atoms with Gasteiger partial charge in [0.25, 0.3) is 5.91 Å². The molecular weight excluding hydrogens is 310 g/mol. The molecule has 0 bridgehead atoms. The van der Waals surface area contributed by atoms with E-state index < -0.39 is 5.91 Å². The predicted octanol–water partition coefficient (Wildman–Crippen LogP) is 4.41. The smallest absolute Gasteiger partial charge is 0.267 e. The summed E-state index contributed by atoms with van der Waals surface area (Å²) in [5, 5.41) is 15.2. The Hall–Kier alpha value is -2.77. The fourth-order valence-corrected chi connectivity index (χ4v) is 2.14. The first-order valence-corrected chi connectivity index (χ1v) is 7.39. The Kier molecular flexibility index (Phi) is 5.40. The van der Waals surface area contributed by atoms with Crippen LogP contribution >= 0.6 is 11.6 Å². The van der Waals surface area contributed by atoms with Crippen molar-refractivity contribution >= 4 is 28.9 Å². The number of amides is 1. The topological polar surface area (TPSA) is 64.9 Å². The summed E-state index contributed by atoms with van der Waals surface area (Å²) >= 11 is 5.99. The Labute approximate surface area is 140 Å². The SMILES string of the molecule is Cc1cccc(N/C=C(/C#N)C(=O)Nc2ccccc2Cl)c1C. The summed E-state index contributed by atoms with van der Waals surface area (Å²) in [6.45, 7) is 3.97. The molecule has 0 spiro atoms. The second-order valence-corrected chi connectivity index (χ2v) is 5.40. The number of anilines is 2. The number of nitriles is 1. The highest BCUT2D eigenvalue weighted by Crippen LogP contribution is 2.21. The molecule has 0 atom stereocenters. The Morgan fingerprint density at radius 3 is 2.52 bits per heavy atom. The van der Waals surface area contributed by atoms with E-state index >= 15 is 0 Å². The van der Waals surface area contributed by atoms with Crippen LogP contribution in [0.15, 0.2) is 54.2 Å². The van der Waals surface area contributed by atoms with Crippen molar-refractivity contribution < 1.29 is 4.79 Å². The molecule has 116 valence electrons. The van der Waals surface area contributed by atoms with Crippen molar-refractivity contribution in [2.45, 2.75) is 13.8 Å². The lowest BCUT2D eigenvalue weighted by atomic mass is 10.1. The summed E-state index contributed by atoms with van der Waals surface area (Å²) in [5.41, 5.74) is 3.47. The number of para-hydroxylation sites is 1. The number of hydrogen-bond acceptors (Lipinski definition) is 3. The van der Waals surface area contributed by atoms with Crippen LogP contribution in [0.3, 0.4) is 0 Å². The fraction of sp³-hybridized carbons (Fsp3) is 0.111. The van der Waals surface area contributed by atoms with E-state index in [9.17, 15) is 10.1 Å². The van der Waals surface area contributed by atoms with Crippen molar-refractivity contribution in [3.63, 3.8) is 0 Å². The van der Waals surface area contributed by atoms with Crippen LogP contribution in [0.4, 0.5) is 11.4 Å². The molecule has 0 heterocycles. The minimum absolute atomic E-state index is 0.0363. The molecule has 2 aromatic carbocycles. The van der Waals surface area contributed by atoms with Gasteiger partial charge in [-0.3, -0.25) is 4.79 Å². The molecular formula is C18H16ClN3O. The molecule has 4 nitrogen and oxygen atoms in total. The fourth-order valence-electron chi connectivity index (χ4n) is 1.96. The number of nitrogens with one attached hydrogen (secondary N) is 2. The Bertz CT molecular complexity index is 806. The molecule has 0 aliphatic rings. The van der Waals surface area contributed by atoms with Crippen LogP contribution in [0.2, 0.25) is 5.02 Å². The standard InChI is InChI=1S/C18H16ClN3O/c1-12-6-5-9-16(13(12)2)21-11-14(10-20)18(23)22-17-8-4-3-7-15(17)19/h3-9,11,21H,1-2H3,(H,22,23)/b14-11-. The Balaban J connectivity index is 2.16. The van der Waals surface area contributed by atoms with Gasteiger partial charge in [-0.05, 0) is 43.2 Å². The highest BCUT2D eigenvalue weighted by Gasteiger charge is 2.11. The molecule has 0 saturated carbocycles. The van der Waals surface area contributed by atoms with Crippen molar-refractivity contribution in [3.8, 4) is 6.07 Å². The molecule has 0 radical (unpaired) electrons. The van der Waals surface area contributed by atoms with E-state index in [0.717, 1.165) is 16.8 Å². The molecule has 0 fully saturated rings. The molecule has 5 heteroatoms. The number of nitrogens with zero attached hydrogens (tertiary/aromatic N) is 1. The van der Waals surface area contributed by atoms with Crippen molar-refractivity contribution in [3.05, 3.63) is 70.4 Å². The molecule has 2 N–H and O–H groups in total. The zero-order valence-electron chi connectivity index (χ0n) is 12.9. The maximum absolute atomic E-state index is 12.2. The van der Waals surface area contributed by atoms with E-state index in [-0.39, 0.29) is 5.57 Å². The van der Waals surface area contributed by atoms with Gasteiger partial charge in [0.2, 0.25) is 0 Å². The third-order valence-electron chi connectivity index (χ3n) is 3.46. The van der Waals surface area contributed by atoms with Gasteiger partial charge >= 0.3 is 0 Å². The summed E-state index contributed by atoms with van der Waals surface area (Å²) in [7, 11) is 0. The first-order chi connectivity index (χ1) is 11.0. The largest absolute Gasteiger partial charge is 0.360 e. The van der Waals surface area contributed by atoms with Crippen LogP contribution in [0, 0.1) is 25.2 Å². The monoisotopic (exact) mass is 325 g/mol. The second-order valence-electron chi connectivity index (χ2n) is 5.00. The summed E-state index contributed by atoms with van der Waals surface area (Å²) in [6, 6.07) is 14.6. The summed E-state index contributed by atoms with van der Waals surface area (Å²) < 4.78 is 0. The molecule has 0 aliphatic carbocycles. The van der Waals surface area contributed by atoms with E-state index in [2.05, 4.69) is 10.6 Å². The average molecular weight is 326 g/mol. The van der Waals surface area contributed by atoms with E-state index in [1.54, 1.807) is 24.3 Å². The van der Waals surface area contributed by atoms with Gasteiger partial charge in [0.05, 0.1) is 10.7 Å². The van der Waals surface area contributed by atoms with Crippen LogP contribution in [-0.4, -0.2) is 5.91 Å². The quantitative estimate of drug-likeness (QED) is 0.646. The molecule has 2 rings (SSSR count). The second kappa shape index (κ2) is 7.48. The molecule has 0 saturated heterocycles. The highest BCUT2D eigenvalue weighted by atomic mass is 35.5. The number of rotatable bonds is 4. The van der Waals surface area contributed by atoms with E-state index in [1.807, 2.05) is 38.1 Å². The maximum Gasteiger partial charge on any atom is 0.267 e. The van der Waals surface area contributed by atoms with Gasteiger partial charge in [0.1, 0.15) is 11.6 Å². The zero-order chi connectivity index (χ0) is 16.8. The number of carbonyl (C=O) groups is 1. The number of carbonyl (C=O) groups excluding carboxylic acids is 1. The number of hydrogen-bond donors (Lipinski definition) is 2. The van der Waals surface area contributed by atoms with Gasteiger partial charge in [-0.1, -0.05) is 35.9 Å². The maximum atomic E-state index is 12.2. The van der Waals surface area contributed by atoms with Crippen molar-refractivity contribution in [1.82, 2.24) is 0 Å². The predicted molar refractivity (Wildman–Crippen MR) is 93.3 cm³/mol. The summed E-state index contributed by atoms with van der Waals surface area (Å²) in [4.78, 5) is 12.2. The van der Waals surface area contributed by atoms with Crippen LogP contribution in [-0.2, 0) is 4.79 Å². The Morgan fingerprint density at radius 1 is 1.13 bits per heavy atom. The van der Waals surface area contributed by atoms with E-state index in [4.69, 9.17) is 11.6 Å². The van der Waals surface area contributed by atoms with Crippen molar-refractivity contribution in [1.29, 1.82) is 5.26 Å². The number of benzene rings is 2. The van der Waals surface area contributed by atoms with Crippen LogP contribution in [0.1, 0.15) is 11.1 Å². The molecule has 23 heavy (non-hydrogen) atoms. The number of halogens is 1. The van der Waals surface area contributed by atoms with Crippen LogP contribution in [0.5, 0.6) is 0 Å². The van der Waals surface area contributed by atoms with E-state index in [0.29, 0.717) is 10.7 Å². The van der Waals surface area contributed by atoms with Crippen LogP contribution < -0.4 is 10.6 Å². The van der Waals surface area contributed by atoms with Crippen molar-refractivity contribution in [2.75, 3.05) is 10.6 Å². The third-order valence-corrected chi connectivity index (χ3v) is 3.79. The lowest BCUT2D eigenvalue weighted by molar-refractivity contribution is -0.112. The van der Waals surface area contributed by atoms with Crippen molar-refractivity contribution in [2.24, 2.45) is 0 Å². The number of aryl methyl sites for hydroxylation is 1. The zero-order valence-corrected chi connectivity index (χ0v) is 13.6. The minimum Gasteiger partial charge on any atom is -0.360 e. The molecule has 0 aliphatic heterocycles. The van der Waals surface area contributed by atoms with Gasteiger partial charge in [-0.25, -0.2) is 0 Å². The molecule has 2 aromatic rings. The first kappa shape index (κ1) is 16.6.